The van der Waals surface area contributed by atoms with Gasteiger partial charge in [0.2, 0.25) is 5.91 Å². The molecule has 1 aliphatic heterocycles. The molecule has 4 amide bonds. The Morgan fingerprint density at radius 1 is 1.45 bits per heavy atom. The Balaban J connectivity index is 1.93. The van der Waals surface area contributed by atoms with Crippen molar-refractivity contribution in [2.24, 2.45) is 5.92 Å². The average Bonchev–Trinajstić information content (AvgIpc) is 2.99. The van der Waals surface area contributed by atoms with Gasteiger partial charge in [0.05, 0.1) is 6.54 Å². The van der Waals surface area contributed by atoms with Gasteiger partial charge in [0.1, 0.15) is 12.1 Å². The predicted molar refractivity (Wildman–Crippen MR) is 84.3 cm³/mol. The number of hydrogen-bond acceptors (Lipinski definition) is 4. The molecule has 2 rings (SSSR count). The molecule has 120 valence electrons. The molecule has 1 fully saturated rings. The highest BCUT2D eigenvalue weighted by molar-refractivity contribution is 7.09. The molecule has 1 aromatic rings. The molecule has 1 unspecified atom stereocenters. The van der Waals surface area contributed by atoms with Crippen LogP contribution in [-0.4, -0.2) is 34.8 Å². The molecule has 0 aliphatic carbocycles. The fourth-order valence-electron chi connectivity index (χ4n) is 2.64. The van der Waals surface area contributed by atoms with Crippen LogP contribution in [0.3, 0.4) is 0 Å². The third-order valence-corrected chi connectivity index (χ3v) is 4.38. The molecular weight excluding hydrogens is 302 g/mol. The van der Waals surface area contributed by atoms with E-state index in [0.29, 0.717) is 13.0 Å². The number of thiophene rings is 1. The van der Waals surface area contributed by atoms with Crippen molar-refractivity contribution in [1.82, 2.24) is 15.5 Å². The fraction of sp³-hybridized carbons (Fsp3) is 0.533. The summed E-state index contributed by atoms with van der Waals surface area (Å²) in [5.41, 5.74) is -0.917. The molecule has 1 aliphatic rings. The zero-order valence-electron chi connectivity index (χ0n) is 13.0. The summed E-state index contributed by atoms with van der Waals surface area (Å²) in [5.74, 6) is -0.412. The smallest absolute Gasteiger partial charge is 0.325 e. The number of rotatable bonds is 6. The number of urea groups is 1. The normalized spacial score (nSPS) is 21.4. The van der Waals surface area contributed by atoms with Crippen LogP contribution in [0.4, 0.5) is 4.79 Å². The Kier molecular flexibility index (Phi) is 4.85. The fourth-order valence-corrected chi connectivity index (χ4v) is 3.29. The molecule has 2 heterocycles. The van der Waals surface area contributed by atoms with E-state index in [1.165, 1.54) is 0 Å². The third kappa shape index (κ3) is 3.65. The summed E-state index contributed by atoms with van der Waals surface area (Å²) in [6, 6.07) is 3.32. The van der Waals surface area contributed by atoms with Gasteiger partial charge >= 0.3 is 6.03 Å². The Labute approximate surface area is 133 Å². The zero-order chi connectivity index (χ0) is 16.3. The number of nitrogens with zero attached hydrogens (tertiary/aromatic N) is 1. The molecular formula is C15H21N3O3S. The standard InChI is InChI=1S/C15H21N3O3S/c1-10(2)7-15(3)13(20)18(14(21)17-15)9-12(19)16-8-11-5-4-6-22-11/h4-6,10H,7-9H2,1-3H3,(H,16,19)(H,17,21). The number of nitrogens with one attached hydrogen (secondary N) is 2. The van der Waals surface area contributed by atoms with Crippen LogP contribution in [0.5, 0.6) is 0 Å². The summed E-state index contributed by atoms with van der Waals surface area (Å²) in [5, 5.41) is 7.34. The molecule has 0 radical (unpaired) electrons. The molecule has 1 saturated heterocycles. The van der Waals surface area contributed by atoms with E-state index >= 15 is 0 Å². The molecule has 6 nitrogen and oxygen atoms in total. The van der Waals surface area contributed by atoms with Gasteiger partial charge in [-0.3, -0.25) is 14.5 Å². The Morgan fingerprint density at radius 3 is 2.77 bits per heavy atom. The van der Waals surface area contributed by atoms with Gasteiger partial charge in [0.25, 0.3) is 5.91 Å². The number of hydrogen-bond donors (Lipinski definition) is 2. The summed E-state index contributed by atoms with van der Waals surface area (Å²) in [4.78, 5) is 38.3. The number of carbonyl (C=O) groups excluding carboxylic acids is 3. The Bertz CT molecular complexity index is 571. The van der Waals surface area contributed by atoms with Crippen molar-refractivity contribution in [3.63, 3.8) is 0 Å². The van der Waals surface area contributed by atoms with Gasteiger partial charge in [-0.2, -0.15) is 0 Å². The van der Waals surface area contributed by atoms with Crippen molar-refractivity contribution < 1.29 is 14.4 Å². The second kappa shape index (κ2) is 6.48. The molecule has 2 N–H and O–H groups in total. The molecule has 0 spiro atoms. The summed E-state index contributed by atoms with van der Waals surface area (Å²) >= 11 is 1.54. The van der Waals surface area contributed by atoms with E-state index in [0.717, 1.165) is 9.78 Å². The van der Waals surface area contributed by atoms with Crippen molar-refractivity contribution in [1.29, 1.82) is 0 Å². The van der Waals surface area contributed by atoms with Gasteiger partial charge in [-0.05, 0) is 30.7 Å². The average molecular weight is 323 g/mol. The van der Waals surface area contributed by atoms with E-state index in [1.807, 2.05) is 31.4 Å². The molecule has 7 heteroatoms. The topological polar surface area (TPSA) is 78.5 Å². The van der Waals surface area contributed by atoms with Crippen LogP contribution in [0.1, 0.15) is 32.1 Å². The molecule has 1 aromatic heterocycles. The van der Waals surface area contributed by atoms with Gasteiger partial charge in [-0.1, -0.05) is 19.9 Å². The van der Waals surface area contributed by atoms with E-state index in [-0.39, 0.29) is 24.3 Å². The van der Waals surface area contributed by atoms with E-state index < -0.39 is 11.6 Å². The number of amides is 4. The first kappa shape index (κ1) is 16.5. The lowest BCUT2D eigenvalue weighted by Gasteiger charge is -2.23. The molecule has 0 saturated carbocycles. The maximum Gasteiger partial charge on any atom is 0.325 e. The zero-order valence-corrected chi connectivity index (χ0v) is 13.8. The lowest BCUT2D eigenvalue weighted by molar-refractivity contribution is -0.135. The van der Waals surface area contributed by atoms with E-state index in [4.69, 9.17) is 0 Å². The SMILES string of the molecule is CC(C)CC1(C)NC(=O)N(CC(=O)NCc2cccs2)C1=O. The van der Waals surface area contributed by atoms with Gasteiger partial charge < -0.3 is 10.6 Å². The van der Waals surface area contributed by atoms with Crippen molar-refractivity contribution in [3.05, 3.63) is 22.4 Å². The maximum absolute atomic E-state index is 12.4. The van der Waals surface area contributed by atoms with Crippen LogP contribution >= 0.6 is 11.3 Å². The molecule has 0 bridgehead atoms. The van der Waals surface area contributed by atoms with E-state index in [9.17, 15) is 14.4 Å². The molecule has 1 atom stereocenters. The van der Waals surface area contributed by atoms with Gasteiger partial charge in [-0.25, -0.2) is 4.79 Å². The Morgan fingerprint density at radius 2 is 2.18 bits per heavy atom. The number of carbonyl (C=O) groups is 3. The predicted octanol–water partition coefficient (Wildman–Crippen LogP) is 1.72. The minimum Gasteiger partial charge on any atom is -0.350 e. The van der Waals surface area contributed by atoms with Crippen LogP contribution in [0, 0.1) is 5.92 Å². The van der Waals surface area contributed by atoms with Crippen LogP contribution < -0.4 is 10.6 Å². The molecule has 0 aromatic carbocycles. The minimum atomic E-state index is -0.917. The van der Waals surface area contributed by atoms with Gasteiger partial charge in [0, 0.05) is 4.88 Å². The summed E-state index contributed by atoms with van der Waals surface area (Å²) < 4.78 is 0. The minimum absolute atomic E-state index is 0.246. The largest absolute Gasteiger partial charge is 0.350 e. The van der Waals surface area contributed by atoms with Crippen LogP contribution in [0.15, 0.2) is 17.5 Å². The van der Waals surface area contributed by atoms with Crippen molar-refractivity contribution >= 4 is 29.2 Å². The van der Waals surface area contributed by atoms with Crippen molar-refractivity contribution in [2.45, 2.75) is 39.3 Å². The highest BCUT2D eigenvalue weighted by Gasteiger charge is 2.48. The quantitative estimate of drug-likeness (QED) is 0.783. The first-order valence-corrected chi connectivity index (χ1v) is 8.13. The van der Waals surface area contributed by atoms with Crippen LogP contribution in [0.2, 0.25) is 0 Å². The third-order valence-electron chi connectivity index (χ3n) is 3.50. The first-order valence-electron chi connectivity index (χ1n) is 7.25. The highest BCUT2D eigenvalue weighted by atomic mass is 32.1. The lowest BCUT2D eigenvalue weighted by atomic mass is 9.91. The highest BCUT2D eigenvalue weighted by Crippen LogP contribution is 2.24. The first-order chi connectivity index (χ1) is 10.3. The summed E-state index contributed by atoms with van der Waals surface area (Å²) in [6.45, 7) is 5.84. The van der Waals surface area contributed by atoms with E-state index in [2.05, 4.69) is 10.6 Å². The summed E-state index contributed by atoms with van der Waals surface area (Å²) in [6.07, 6.45) is 0.547. The second-order valence-corrected chi connectivity index (χ2v) is 7.14. The van der Waals surface area contributed by atoms with Gasteiger partial charge in [-0.15, -0.1) is 11.3 Å². The van der Waals surface area contributed by atoms with Crippen molar-refractivity contribution in [2.75, 3.05) is 6.54 Å². The monoisotopic (exact) mass is 323 g/mol. The number of imide groups is 1. The van der Waals surface area contributed by atoms with E-state index in [1.54, 1.807) is 18.3 Å². The Hall–Kier alpha value is -1.89. The molecule has 22 heavy (non-hydrogen) atoms. The summed E-state index contributed by atoms with van der Waals surface area (Å²) in [7, 11) is 0. The maximum atomic E-state index is 12.4. The van der Waals surface area contributed by atoms with Gasteiger partial charge in [0.15, 0.2) is 0 Å². The van der Waals surface area contributed by atoms with Crippen LogP contribution in [-0.2, 0) is 16.1 Å². The van der Waals surface area contributed by atoms with Crippen molar-refractivity contribution in [3.8, 4) is 0 Å². The second-order valence-electron chi connectivity index (χ2n) is 6.11. The lowest BCUT2D eigenvalue weighted by Crippen LogP contribution is -2.46. The van der Waals surface area contributed by atoms with Crippen LogP contribution in [0.25, 0.3) is 0 Å².